The Bertz CT molecular complexity index is 1490. The molecule has 0 bridgehead atoms. The predicted octanol–water partition coefficient (Wildman–Crippen LogP) is 22.0. The van der Waals surface area contributed by atoms with Crippen LogP contribution in [0, 0.1) is 0 Å². The molecule has 0 aromatic rings. The Balaban J connectivity index is 4.44. The van der Waals surface area contributed by atoms with Crippen molar-refractivity contribution in [2.45, 2.75) is 316 Å². The molecule has 0 N–H and O–H groups in total. The van der Waals surface area contributed by atoms with Crippen LogP contribution in [0.4, 0.5) is 0 Å². The molecule has 6 nitrogen and oxygen atoms in total. The fraction of sp³-hybridized carbons (Fsp3) is 0.729. The van der Waals surface area contributed by atoms with Gasteiger partial charge in [0.1, 0.15) is 13.2 Å². The van der Waals surface area contributed by atoms with Gasteiger partial charge in [-0.2, -0.15) is 0 Å². The molecule has 0 aromatic heterocycles. The van der Waals surface area contributed by atoms with Crippen LogP contribution in [0.3, 0.4) is 0 Å². The Kier molecular flexibility index (Phi) is 60.8. The van der Waals surface area contributed by atoms with E-state index >= 15 is 0 Å². The van der Waals surface area contributed by atoms with Crippen LogP contribution in [0.2, 0.25) is 0 Å². The fourth-order valence-electron chi connectivity index (χ4n) is 9.01. The quantitative estimate of drug-likeness (QED) is 0.0261. The summed E-state index contributed by atoms with van der Waals surface area (Å²) < 4.78 is 16.9. The normalized spacial score (nSPS) is 12.7. The number of ether oxygens (including phenoxy) is 3. The number of hydrogen-bond donors (Lipinski definition) is 0. The van der Waals surface area contributed by atoms with Gasteiger partial charge in [-0.3, -0.25) is 14.4 Å². The molecule has 0 amide bonds. The Morgan fingerprint density at radius 1 is 0.276 bits per heavy atom. The zero-order valence-electron chi connectivity index (χ0n) is 50.0. The lowest BCUT2D eigenvalue weighted by molar-refractivity contribution is -0.167. The van der Waals surface area contributed by atoms with E-state index in [0.717, 1.165) is 135 Å². The van der Waals surface area contributed by atoms with E-state index in [-0.39, 0.29) is 31.1 Å². The highest BCUT2D eigenvalue weighted by Crippen LogP contribution is 2.16. The van der Waals surface area contributed by atoms with Crippen molar-refractivity contribution in [3.63, 3.8) is 0 Å². The molecule has 0 fully saturated rings. The van der Waals surface area contributed by atoms with E-state index in [1.54, 1.807) is 0 Å². The summed E-state index contributed by atoms with van der Waals surface area (Å²) in [4.78, 5) is 38.4. The number of rotatable bonds is 58. The summed E-state index contributed by atoms with van der Waals surface area (Å²) in [5.41, 5.74) is 0. The van der Waals surface area contributed by atoms with Crippen molar-refractivity contribution in [1.82, 2.24) is 0 Å². The summed E-state index contributed by atoms with van der Waals surface area (Å²) in [6.07, 6.45) is 85.4. The molecule has 0 radical (unpaired) electrons. The van der Waals surface area contributed by atoms with Crippen molar-refractivity contribution in [3.05, 3.63) is 97.2 Å². The van der Waals surface area contributed by atoms with Gasteiger partial charge >= 0.3 is 17.9 Å². The fourth-order valence-corrected chi connectivity index (χ4v) is 9.01. The first-order valence-electron chi connectivity index (χ1n) is 32.2. The number of hydrogen-bond acceptors (Lipinski definition) is 6. The third-order valence-corrected chi connectivity index (χ3v) is 13.8. The molecule has 0 aliphatic rings. The van der Waals surface area contributed by atoms with Crippen LogP contribution < -0.4 is 0 Å². The van der Waals surface area contributed by atoms with Crippen molar-refractivity contribution in [2.24, 2.45) is 0 Å². The second kappa shape index (κ2) is 63.9. The highest BCUT2D eigenvalue weighted by Gasteiger charge is 2.19. The van der Waals surface area contributed by atoms with E-state index in [1.807, 2.05) is 0 Å². The minimum absolute atomic E-state index is 0.0873. The molecule has 436 valence electrons. The summed E-state index contributed by atoms with van der Waals surface area (Å²) in [6.45, 7) is 6.52. The van der Waals surface area contributed by atoms with Gasteiger partial charge in [-0.15, -0.1) is 0 Å². The van der Waals surface area contributed by atoms with Gasteiger partial charge in [-0.05, 0) is 103 Å². The standard InChI is InChI=1S/C70H120O6/c1-4-7-10-13-16-19-22-25-28-31-33-35-37-39-42-45-48-51-54-57-60-63-69(72)75-66-67(65-74-68(71)62-59-56-53-50-47-44-41-30-27-24-21-18-15-12-9-6-3)76-70(73)64-61-58-55-52-49-46-43-40-38-36-34-32-29-26-23-20-17-14-11-8-5-2/h7,10,16,19,23,25-26,28,32-35,38-40,42,67H,4-6,8-9,11-15,17-18,20-22,24,27,29-31,36-37,41,43-66H2,1-3H3/b10-7-,19-16-,26-23-,28-25-,34-32-,35-33-,40-38-,42-39-. The maximum Gasteiger partial charge on any atom is 0.306 e. The molecular weight excluding hydrogens is 937 g/mol. The number of unbranched alkanes of at least 4 members (excludes halogenated alkanes) is 31. The molecule has 0 aliphatic carbocycles. The minimum Gasteiger partial charge on any atom is -0.462 e. The van der Waals surface area contributed by atoms with Crippen molar-refractivity contribution in [3.8, 4) is 0 Å². The number of esters is 3. The van der Waals surface area contributed by atoms with E-state index < -0.39 is 6.10 Å². The van der Waals surface area contributed by atoms with Crippen LogP contribution in [-0.2, 0) is 28.6 Å². The highest BCUT2D eigenvalue weighted by atomic mass is 16.6. The third-order valence-electron chi connectivity index (χ3n) is 13.8. The van der Waals surface area contributed by atoms with Gasteiger partial charge < -0.3 is 14.2 Å². The molecule has 76 heavy (non-hydrogen) atoms. The van der Waals surface area contributed by atoms with Gasteiger partial charge in [0.2, 0.25) is 0 Å². The molecule has 0 rings (SSSR count). The van der Waals surface area contributed by atoms with Crippen molar-refractivity contribution < 1.29 is 28.6 Å². The van der Waals surface area contributed by atoms with Crippen LogP contribution in [0.25, 0.3) is 0 Å². The summed E-state index contributed by atoms with van der Waals surface area (Å²) in [5.74, 6) is -0.908. The minimum atomic E-state index is -0.794. The van der Waals surface area contributed by atoms with Crippen molar-refractivity contribution >= 4 is 17.9 Å². The van der Waals surface area contributed by atoms with Gasteiger partial charge in [0.05, 0.1) is 0 Å². The van der Waals surface area contributed by atoms with Gasteiger partial charge in [-0.1, -0.05) is 285 Å². The van der Waals surface area contributed by atoms with Crippen LogP contribution in [0.1, 0.15) is 310 Å². The summed E-state index contributed by atoms with van der Waals surface area (Å²) in [5, 5.41) is 0. The average molecular weight is 1060 g/mol. The van der Waals surface area contributed by atoms with Crippen LogP contribution in [0.15, 0.2) is 97.2 Å². The topological polar surface area (TPSA) is 78.9 Å². The Morgan fingerprint density at radius 2 is 0.513 bits per heavy atom. The van der Waals surface area contributed by atoms with Crippen LogP contribution >= 0.6 is 0 Å². The van der Waals surface area contributed by atoms with Crippen LogP contribution in [-0.4, -0.2) is 37.2 Å². The largest absolute Gasteiger partial charge is 0.462 e. The molecule has 0 aromatic carbocycles. The predicted molar refractivity (Wildman–Crippen MR) is 330 cm³/mol. The van der Waals surface area contributed by atoms with Gasteiger partial charge in [0, 0.05) is 19.3 Å². The summed E-state index contributed by atoms with van der Waals surface area (Å²) in [6, 6.07) is 0. The third kappa shape index (κ3) is 61.2. The van der Waals surface area contributed by atoms with Gasteiger partial charge in [0.15, 0.2) is 6.10 Å². The maximum absolute atomic E-state index is 12.9. The first kappa shape index (κ1) is 72.3. The second-order valence-corrected chi connectivity index (χ2v) is 21.3. The van der Waals surface area contributed by atoms with Crippen molar-refractivity contribution in [1.29, 1.82) is 0 Å². The lowest BCUT2D eigenvalue weighted by atomic mass is 10.0. The van der Waals surface area contributed by atoms with Crippen molar-refractivity contribution in [2.75, 3.05) is 13.2 Å². The zero-order valence-corrected chi connectivity index (χ0v) is 50.0. The molecule has 6 heteroatoms. The second-order valence-electron chi connectivity index (χ2n) is 21.3. The lowest BCUT2D eigenvalue weighted by Gasteiger charge is -2.18. The van der Waals surface area contributed by atoms with E-state index in [1.165, 1.54) is 135 Å². The lowest BCUT2D eigenvalue weighted by Crippen LogP contribution is -2.30. The first-order valence-corrected chi connectivity index (χ1v) is 32.2. The van der Waals surface area contributed by atoms with E-state index in [2.05, 4.69) is 118 Å². The van der Waals surface area contributed by atoms with Crippen LogP contribution in [0.5, 0.6) is 0 Å². The number of carbonyl (C=O) groups excluding carboxylic acids is 3. The van der Waals surface area contributed by atoms with E-state index in [0.29, 0.717) is 19.3 Å². The highest BCUT2D eigenvalue weighted by molar-refractivity contribution is 5.71. The Labute approximate surface area is 470 Å². The molecule has 0 spiro atoms. The summed E-state index contributed by atoms with van der Waals surface area (Å²) >= 11 is 0. The number of carbonyl (C=O) groups is 3. The molecule has 0 aliphatic heterocycles. The smallest absolute Gasteiger partial charge is 0.306 e. The molecule has 1 atom stereocenters. The van der Waals surface area contributed by atoms with Gasteiger partial charge in [-0.25, -0.2) is 0 Å². The van der Waals surface area contributed by atoms with E-state index in [9.17, 15) is 14.4 Å². The molecule has 0 saturated heterocycles. The molecular formula is C70H120O6. The Morgan fingerprint density at radius 3 is 0.803 bits per heavy atom. The molecule has 1 unspecified atom stereocenters. The van der Waals surface area contributed by atoms with Gasteiger partial charge in [0.25, 0.3) is 0 Å². The summed E-state index contributed by atoms with van der Waals surface area (Å²) in [7, 11) is 0. The zero-order chi connectivity index (χ0) is 55.0. The number of allylic oxidation sites excluding steroid dienone is 16. The average Bonchev–Trinajstić information content (AvgIpc) is 3.42. The SMILES string of the molecule is CC/C=C\C/C=C\C/C=C\C/C=C\C/C=C\CCCCCCCC(=O)OCC(COC(=O)CCCCCCCCCCCCCCCCCC)OC(=O)CCCCCCCC/C=C\C/C=C\C/C=C\CCCCCCC. The van der Waals surface area contributed by atoms with E-state index in [4.69, 9.17) is 14.2 Å². The Hall–Kier alpha value is -3.67. The molecule has 0 saturated carbocycles. The maximum atomic E-state index is 12.9. The molecule has 0 heterocycles. The first-order chi connectivity index (χ1) is 37.5. The monoisotopic (exact) mass is 1060 g/mol.